The van der Waals surface area contributed by atoms with Crippen LogP contribution in [-0.4, -0.2) is 0 Å². The minimum Gasteiger partial charge on any atom is -0.117 e. The topological polar surface area (TPSA) is 0 Å². The third-order valence-corrected chi connectivity index (χ3v) is 4.33. The van der Waals surface area contributed by atoms with Crippen LogP contribution in [0.1, 0.15) is 22.1 Å². The van der Waals surface area contributed by atoms with Gasteiger partial charge in [-0.15, -0.1) is 11.6 Å². The maximum absolute atomic E-state index is 6.47. The van der Waals surface area contributed by atoms with Gasteiger partial charge in [0.05, 0.1) is 15.4 Å². The summed E-state index contributed by atoms with van der Waals surface area (Å²) >= 11 is 24.3. The van der Waals surface area contributed by atoms with Gasteiger partial charge in [-0.2, -0.15) is 0 Å². The molecule has 0 fully saturated rings. The monoisotopic (exact) mass is 332 g/mol. The van der Waals surface area contributed by atoms with Crippen molar-refractivity contribution in [1.29, 1.82) is 0 Å². The van der Waals surface area contributed by atoms with E-state index in [1.54, 1.807) is 6.07 Å². The normalized spacial score (nSPS) is 12.5. The Morgan fingerprint density at radius 3 is 2.32 bits per heavy atom. The summed E-state index contributed by atoms with van der Waals surface area (Å²) in [6.45, 7) is 2.01. The fourth-order valence-corrected chi connectivity index (χ4v) is 2.94. The first-order valence-corrected chi connectivity index (χ1v) is 7.38. The molecule has 0 bridgehead atoms. The van der Waals surface area contributed by atoms with E-state index in [9.17, 15) is 0 Å². The highest BCUT2D eigenvalue weighted by molar-refractivity contribution is 6.42. The minimum atomic E-state index is -0.116. The largest absolute Gasteiger partial charge is 0.117 e. The van der Waals surface area contributed by atoms with E-state index in [-0.39, 0.29) is 5.38 Å². The number of aryl methyl sites for hydroxylation is 1. The van der Waals surface area contributed by atoms with Gasteiger partial charge in [-0.05, 0) is 54.3 Å². The Morgan fingerprint density at radius 1 is 0.947 bits per heavy atom. The van der Waals surface area contributed by atoms with Crippen molar-refractivity contribution in [1.82, 2.24) is 0 Å². The Morgan fingerprint density at radius 2 is 1.68 bits per heavy atom. The predicted octanol–water partition coefficient (Wildman–Crippen LogP) is 6.48. The van der Waals surface area contributed by atoms with E-state index in [0.29, 0.717) is 16.5 Å². The van der Waals surface area contributed by atoms with Crippen LogP contribution in [0.4, 0.5) is 0 Å². The highest BCUT2D eigenvalue weighted by atomic mass is 35.5. The fraction of sp³-hybridized carbons (Fsp3) is 0.200. The van der Waals surface area contributed by atoms with E-state index in [4.69, 9.17) is 46.4 Å². The number of halogens is 4. The van der Waals surface area contributed by atoms with E-state index in [0.717, 1.165) is 21.7 Å². The van der Waals surface area contributed by atoms with E-state index < -0.39 is 0 Å². The Kier molecular flexibility index (Phi) is 5.03. The summed E-state index contributed by atoms with van der Waals surface area (Å²) in [5, 5.41) is 1.71. The summed E-state index contributed by atoms with van der Waals surface area (Å²) < 4.78 is 0. The van der Waals surface area contributed by atoms with Gasteiger partial charge in [0.15, 0.2) is 0 Å². The van der Waals surface area contributed by atoms with Crippen LogP contribution in [0.25, 0.3) is 0 Å². The molecule has 0 heterocycles. The molecule has 2 rings (SSSR count). The van der Waals surface area contributed by atoms with E-state index in [1.165, 1.54) is 0 Å². The van der Waals surface area contributed by atoms with Crippen molar-refractivity contribution >= 4 is 46.4 Å². The van der Waals surface area contributed by atoms with Gasteiger partial charge < -0.3 is 0 Å². The zero-order valence-corrected chi connectivity index (χ0v) is 13.3. The van der Waals surface area contributed by atoms with E-state index in [2.05, 4.69) is 0 Å². The standard InChI is InChI=1S/C15H12Cl4/c1-9-6-11(16)3-4-12(9)14(18)7-10-2-5-13(17)15(19)8-10/h2-6,8,14H,7H2,1H3. The molecule has 19 heavy (non-hydrogen) atoms. The van der Waals surface area contributed by atoms with Gasteiger partial charge in [-0.1, -0.05) is 46.9 Å². The van der Waals surface area contributed by atoms with E-state index >= 15 is 0 Å². The lowest BCUT2D eigenvalue weighted by molar-refractivity contribution is 0.910. The van der Waals surface area contributed by atoms with Gasteiger partial charge in [0.25, 0.3) is 0 Å². The molecule has 0 aromatic heterocycles. The molecule has 0 saturated carbocycles. The SMILES string of the molecule is Cc1cc(Cl)ccc1C(Cl)Cc1ccc(Cl)c(Cl)c1. The number of hydrogen-bond acceptors (Lipinski definition) is 0. The zero-order valence-electron chi connectivity index (χ0n) is 10.3. The van der Waals surface area contributed by atoms with Crippen LogP contribution in [-0.2, 0) is 6.42 Å². The highest BCUT2D eigenvalue weighted by Gasteiger charge is 2.12. The lowest BCUT2D eigenvalue weighted by atomic mass is 10.00. The maximum atomic E-state index is 6.47. The molecule has 0 saturated heterocycles. The van der Waals surface area contributed by atoms with Crippen LogP contribution in [0, 0.1) is 6.92 Å². The molecule has 1 atom stereocenters. The average molecular weight is 334 g/mol. The van der Waals surface area contributed by atoms with Crippen LogP contribution < -0.4 is 0 Å². The smallest absolute Gasteiger partial charge is 0.0628 e. The second-order valence-corrected chi connectivity index (χ2v) is 6.20. The Labute approximate surface area is 133 Å². The molecule has 0 radical (unpaired) electrons. The van der Waals surface area contributed by atoms with Crippen LogP contribution in [0.5, 0.6) is 0 Å². The van der Waals surface area contributed by atoms with Gasteiger partial charge in [0, 0.05) is 5.02 Å². The van der Waals surface area contributed by atoms with Gasteiger partial charge in [0.2, 0.25) is 0 Å². The van der Waals surface area contributed by atoms with Crippen molar-refractivity contribution < 1.29 is 0 Å². The second-order valence-electron chi connectivity index (χ2n) is 4.42. The molecular formula is C15H12Cl4. The van der Waals surface area contributed by atoms with Crippen molar-refractivity contribution in [3.8, 4) is 0 Å². The van der Waals surface area contributed by atoms with Crippen molar-refractivity contribution in [2.45, 2.75) is 18.7 Å². The Hall–Kier alpha value is -0.400. The maximum Gasteiger partial charge on any atom is 0.0628 e. The van der Waals surface area contributed by atoms with Gasteiger partial charge in [-0.25, -0.2) is 0 Å². The van der Waals surface area contributed by atoms with Crippen molar-refractivity contribution in [2.75, 3.05) is 0 Å². The van der Waals surface area contributed by atoms with Crippen LogP contribution >= 0.6 is 46.4 Å². The first kappa shape index (κ1) is 15.0. The molecule has 0 amide bonds. The quantitative estimate of drug-likeness (QED) is 0.564. The summed E-state index contributed by atoms with van der Waals surface area (Å²) in [4.78, 5) is 0. The summed E-state index contributed by atoms with van der Waals surface area (Å²) in [6, 6.07) is 11.3. The molecule has 0 aliphatic heterocycles. The van der Waals surface area contributed by atoms with Crippen LogP contribution in [0.2, 0.25) is 15.1 Å². The van der Waals surface area contributed by atoms with Crippen LogP contribution in [0.3, 0.4) is 0 Å². The number of rotatable bonds is 3. The lowest BCUT2D eigenvalue weighted by Crippen LogP contribution is -1.98. The predicted molar refractivity (Wildman–Crippen MR) is 84.9 cm³/mol. The molecule has 0 aliphatic carbocycles. The van der Waals surface area contributed by atoms with Gasteiger partial charge in [-0.3, -0.25) is 0 Å². The fourth-order valence-electron chi connectivity index (χ4n) is 1.97. The average Bonchev–Trinajstić information content (AvgIpc) is 2.33. The van der Waals surface area contributed by atoms with Crippen molar-refractivity contribution in [2.24, 2.45) is 0 Å². The molecule has 0 spiro atoms. The molecule has 0 N–H and O–H groups in total. The number of alkyl halides is 1. The molecule has 4 heteroatoms. The molecule has 2 aromatic carbocycles. The Bertz CT molecular complexity index is 593. The summed E-state index contributed by atoms with van der Waals surface area (Å²) in [7, 11) is 0. The first-order valence-electron chi connectivity index (χ1n) is 5.81. The summed E-state index contributed by atoms with van der Waals surface area (Å²) in [5.41, 5.74) is 3.23. The summed E-state index contributed by atoms with van der Waals surface area (Å²) in [6.07, 6.45) is 0.695. The highest BCUT2D eigenvalue weighted by Crippen LogP contribution is 2.31. The third kappa shape index (κ3) is 3.79. The molecule has 2 aromatic rings. The number of benzene rings is 2. The third-order valence-electron chi connectivity index (χ3n) is 2.97. The van der Waals surface area contributed by atoms with Crippen molar-refractivity contribution in [3.63, 3.8) is 0 Å². The molecule has 100 valence electrons. The lowest BCUT2D eigenvalue weighted by Gasteiger charge is -2.13. The molecule has 0 nitrogen and oxygen atoms in total. The van der Waals surface area contributed by atoms with Gasteiger partial charge >= 0.3 is 0 Å². The van der Waals surface area contributed by atoms with Crippen molar-refractivity contribution in [3.05, 3.63) is 68.2 Å². The van der Waals surface area contributed by atoms with E-state index in [1.807, 2.05) is 37.3 Å². The Balaban J connectivity index is 2.20. The molecule has 1 unspecified atom stereocenters. The van der Waals surface area contributed by atoms with Crippen LogP contribution in [0.15, 0.2) is 36.4 Å². The molecular weight excluding hydrogens is 322 g/mol. The first-order chi connectivity index (χ1) is 8.97. The molecule has 0 aliphatic rings. The summed E-state index contributed by atoms with van der Waals surface area (Å²) in [5.74, 6) is 0. The number of hydrogen-bond donors (Lipinski definition) is 0. The second kappa shape index (κ2) is 6.37. The minimum absolute atomic E-state index is 0.116. The zero-order chi connectivity index (χ0) is 14.0. The van der Waals surface area contributed by atoms with Gasteiger partial charge in [0.1, 0.15) is 0 Å².